The molecule has 3 heterocycles. The number of nitrogens with two attached hydrogens (primary N) is 1. The van der Waals surface area contributed by atoms with Gasteiger partial charge in [0.15, 0.2) is 0 Å². The van der Waals surface area contributed by atoms with E-state index in [-0.39, 0.29) is 0 Å². The van der Waals surface area contributed by atoms with Crippen molar-refractivity contribution < 1.29 is 0 Å². The van der Waals surface area contributed by atoms with Gasteiger partial charge in [-0.1, -0.05) is 0 Å². The van der Waals surface area contributed by atoms with Crippen LogP contribution in [0.4, 0.5) is 0 Å². The van der Waals surface area contributed by atoms with Crippen LogP contribution in [0.1, 0.15) is 30.3 Å². The molecule has 0 radical (unpaired) electrons. The van der Waals surface area contributed by atoms with Gasteiger partial charge in [-0.3, -0.25) is 0 Å². The number of nitrogens with zero attached hydrogens (tertiary/aromatic N) is 2. The molecule has 1 saturated heterocycles. The number of imidazole rings is 1. The molecule has 4 N–H and O–H groups in total. The maximum absolute atomic E-state index is 5.81. The lowest BCUT2D eigenvalue weighted by Gasteiger charge is -2.34. The van der Waals surface area contributed by atoms with E-state index in [1.807, 2.05) is 6.33 Å². The lowest BCUT2D eigenvalue weighted by molar-refractivity contribution is 0.328. The number of aromatic nitrogens is 2. The summed E-state index contributed by atoms with van der Waals surface area (Å²) in [4.78, 5) is 4.52. The van der Waals surface area contributed by atoms with Crippen molar-refractivity contribution in [3.05, 3.63) is 17.7 Å². The first-order chi connectivity index (χ1) is 8.29. The summed E-state index contributed by atoms with van der Waals surface area (Å²) in [6.07, 6.45) is 5.38. The molecule has 1 fully saturated rings. The number of rotatable bonds is 2. The fourth-order valence-corrected chi connectivity index (χ4v) is 3.12. The second-order valence-corrected chi connectivity index (χ2v) is 5.17. The zero-order valence-corrected chi connectivity index (χ0v) is 10.3. The van der Waals surface area contributed by atoms with Crippen LogP contribution in [0.2, 0.25) is 0 Å². The van der Waals surface area contributed by atoms with Crippen LogP contribution in [-0.4, -0.2) is 34.7 Å². The highest BCUT2D eigenvalue weighted by Crippen LogP contribution is 2.29. The molecule has 17 heavy (non-hydrogen) atoms. The Bertz CT molecular complexity index is 394. The van der Waals surface area contributed by atoms with E-state index in [4.69, 9.17) is 5.73 Å². The predicted molar refractivity (Wildman–Crippen MR) is 66.7 cm³/mol. The number of aryl methyl sites for hydroxylation is 1. The maximum atomic E-state index is 5.81. The van der Waals surface area contributed by atoms with Crippen molar-refractivity contribution >= 4 is 0 Å². The van der Waals surface area contributed by atoms with E-state index >= 15 is 0 Å². The zero-order valence-electron chi connectivity index (χ0n) is 10.3. The molecule has 1 aromatic rings. The Labute approximate surface area is 102 Å². The van der Waals surface area contributed by atoms with E-state index < -0.39 is 0 Å². The summed E-state index contributed by atoms with van der Waals surface area (Å²) < 4.78 is 2.15. The maximum Gasteiger partial charge on any atom is 0.0949 e. The van der Waals surface area contributed by atoms with Crippen LogP contribution in [0.3, 0.4) is 0 Å². The Morgan fingerprint density at radius 3 is 3.18 bits per heavy atom. The summed E-state index contributed by atoms with van der Waals surface area (Å²) in [7, 11) is 2.08. The Morgan fingerprint density at radius 2 is 2.47 bits per heavy atom. The third kappa shape index (κ3) is 1.88. The van der Waals surface area contributed by atoms with E-state index in [0.717, 1.165) is 13.0 Å². The van der Waals surface area contributed by atoms with Crippen molar-refractivity contribution in [1.29, 1.82) is 0 Å². The van der Waals surface area contributed by atoms with Crippen LogP contribution in [0.5, 0.6) is 0 Å². The van der Waals surface area contributed by atoms with Gasteiger partial charge in [0.05, 0.1) is 23.8 Å². The fourth-order valence-electron chi connectivity index (χ4n) is 3.12. The summed E-state index contributed by atoms with van der Waals surface area (Å²) in [5, 5.41) is 7.26. The molecule has 3 rings (SSSR count). The molecule has 3 atom stereocenters. The molecule has 5 heteroatoms. The molecule has 0 aromatic carbocycles. The Balaban J connectivity index is 1.93. The minimum absolute atomic E-state index is 0.363. The van der Waals surface area contributed by atoms with Gasteiger partial charge in [0.1, 0.15) is 0 Å². The molecule has 0 spiro atoms. The first-order valence-corrected chi connectivity index (χ1v) is 6.49. The molecule has 2 aliphatic rings. The zero-order chi connectivity index (χ0) is 11.8. The van der Waals surface area contributed by atoms with Gasteiger partial charge in [-0.05, 0) is 19.4 Å². The van der Waals surface area contributed by atoms with Crippen molar-refractivity contribution in [1.82, 2.24) is 20.2 Å². The van der Waals surface area contributed by atoms with E-state index in [1.54, 1.807) is 0 Å². The molecule has 3 unspecified atom stereocenters. The van der Waals surface area contributed by atoms with Crippen LogP contribution >= 0.6 is 0 Å². The average molecular weight is 235 g/mol. The number of hydrogen-bond donors (Lipinski definition) is 3. The Morgan fingerprint density at radius 1 is 1.59 bits per heavy atom. The highest BCUT2D eigenvalue weighted by molar-refractivity contribution is 5.24. The summed E-state index contributed by atoms with van der Waals surface area (Å²) in [5.41, 5.74) is 8.37. The molecule has 5 nitrogen and oxygen atoms in total. The largest absolute Gasteiger partial charge is 0.336 e. The molecule has 0 saturated carbocycles. The number of fused-ring (bicyclic) bond motifs is 1. The van der Waals surface area contributed by atoms with Gasteiger partial charge in [0, 0.05) is 32.1 Å². The minimum Gasteiger partial charge on any atom is -0.336 e. The molecule has 1 aromatic heterocycles. The van der Waals surface area contributed by atoms with Crippen molar-refractivity contribution in [3.8, 4) is 0 Å². The molecular formula is C12H21N5. The summed E-state index contributed by atoms with van der Waals surface area (Å²) >= 11 is 0. The van der Waals surface area contributed by atoms with Gasteiger partial charge >= 0.3 is 0 Å². The topological polar surface area (TPSA) is 67.9 Å². The summed E-state index contributed by atoms with van der Waals surface area (Å²) in [6, 6.07) is 1.26. The van der Waals surface area contributed by atoms with Gasteiger partial charge in [0.25, 0.3) is 0 Å². The standard InChI is InChI=1S/C12H21N5/c1-17-7-15-10-5-8(6-13)16-11(12(10)17)9-3-2-4-14-9/h7-9,11,14,16H,2-6,13H2,1H3. The van der Waals surface area contributed by atoms with Crippen molar-refractivity contribution in [2.45, 2.75) is 37.4 Å². The van der Waals surface area contributed by atoms with Crippen molar-refractivity contribution in [2.75, 3.05) is 13.1 Å². The van der Waals surface area contributed by atoms with Crippen LogP contribution in [-0.2, 0) is 13.5 Å². The fraction of sp³-hybridized carbons (Fsp3) is 0.750. The highest BCUT2D eigenvalue weighted by Gasteiger charge is 2.35. The molecule has 2 aliphatic heterocycles. The smallest absolute Gasteiger partial charge is 0.0949 e. The van der Waals surface area contributed by atoms with E-state index in [9.17, 15) is 0 Å². The van der Waals surface area contributed by atoms with Gasteiger partial charge in [-0.25, -0.2) is 4.98 Å². The van der Waals surface area contributed by atoms with Crippen molar-refractivity contribution in [2.24, 2.45) is 12.8 Å². The lowest BCUT2D eigenvalue weighted by Crippen LogP contribution is -2.50. The van der Waals surface area contributed by atoms with Crippen molar-refractivity contribution in [3.63, 3.8) is 0 Å². The molecule has 0 amide bonds. The quantitative estimate of drug-likeness (QED) is 0.657. The second kappa shape index (κ2) is 4.40. The molecule has 0 bridgehead atoms. The average Bonchev–Trinajstić information content (AvgIpc) is 2.98. The molecule has 94 valence electrons. The lowest BCUT2D eigenvalue weighted by atomic mass is 9.93. The van der Waals surface area contributed by atoms with Crippen LogP contribution in [0, 0.1) is 0 Å². The summed E-state index contributed by atoms with van der Waals surface area (Å²) in [6.45, 7) is 1.81. The first-order valence-electron chi connectivity index (χ1n) is 6.49. The molecule has 0 aliphatic carbocycles. The number of nitrogens with one attached hydrogen (secondary N) is 2. The Kier molecular flexibility index (Phi) is 2.90. The second-order valence-electron chi connectivity index (χ2n) is 5.17. The van der Waals surface area contributed by atoms with E-state index in [2.05, 4.69) is 27.2 Å². The van der Waals surface area contributed by atoms with Gasteiger partial charge in [-0.2, -0.15) is 0 Å². The van der Waals surface area contributed by atoms with Gasteiger partial charge < -0.3 is 20.9 Å². The minimum atomic E-state index is 0.363. The van der Waals surface area contributed by atoms with Crippen LogP contribution in [0.25, 0.3) is 0 Å². The van der Waals surface area contributed by atoms with Gasteiger partial charge in [-0.15, -0.1) is 0 Å². The van der Waals surface area contributed by atoms with Crippen LogP contribution in [0.15, 0.2) is 6.33 Å². The Hall–Kier alpha value is -0.910. The highest BCUT2D eigenvalue weighted by atomic mass is 15.1. The third-order valence-electron chi connectivity index (χ3n) is 4.00. The third-order valence-corrected chi connectivity index (χ3v) is 4.00. The summed E-state index contributed by atoms with van der Waals surface area (Å²) in [5.74, 6) is 0. The monoisotopic (exact) mass is 235 g/mol. The van der Waals surface area contributed by atoms with E-state index in [1.165, 1.54) is 24.2 Å². The SMILES string of the molecule is Cn1cnc2c1C(C1CCCN1)NC(CN)C2. The first kappa shape index (κ1) is 11.2. The van der Waals surface area contributed by atoms with Gasteiger partial charge in [0.2, 0.25) is 0 Å². The number of hydrogen-bond acceptors (Lipinski definition) is 4. The predicted octanol–water partition coefficient (Wildman–Crippen LogP) is -0.314. The van der Waals surface area contributed by atoms with E-state index in [0.29, 0.717) is 24.7 Å². The normalized spacial score (nSPS) is 32.7. The van der Waals surface area contributed by atoms with Crippen LogP contribution < -0.4 is 16.4 Å². The molecular weight excluding hydrogens is 214 g/mol.